The van der Waals surface area contributed by atoms with E-state index in [1.165, 1.54) is 22.3 Å². The number of fused-ring (bicyclic) bond motifs is 3. The molecule has 0 aliphatic carbocycles. The fourth-order valence-corrected chi connectivity index (χ4v) is 2.75. The Kier molecular flexibility index (Phi) is 3.52. The van der Waals surface area contributed by atoms with Crippen LogP contribution in [0.3, 0.4) is 0 Å². The molecule has 1 amide bonds. The van der Waals surface area contributed by atoms with Gasteiger partial charge in [0.2, 0.25) is 5.91 Å². The summed E-state index contributed by atoms with van der Waals surface area (Å²) in [6.07, 6.45) is 0. The Hall–Kier alpha value is -2.13. The number of benzene rings is 2. The van der Waals surface area contributed by atoms with Crippen molar-refractivity contribution in [2.45, 2.75) is 13.1 Å². The molecule has 1 aliphatic heterocycles. The van der Waals surface area contributed by atoms with Crippen LogP contribution in [0.5, 0.6) is 0 Å². The highest BCUT2D eigenvalue weighted by molar-refractivity contribution is 5.80. The van der Waals surface area contributed by atoms with Crippen molar-refractivity contribution in [2.75, 3.05) is 13.6 Å². The minimum Gasteiger partial charge on any atom is -0.333 e. The van der Waals surface area contributed by atoms with Crippen LogP contribution in [0.15, 0.2) is 48.5 Å². The van der Waals surface area contributed by atoms with E-state index in [-0.39, 0.29) is 5.91 Å². The number of hydrogen-bond acceptors (Lipinski definition) is 2. The van der Waals surface area contributed by atoms with Gasteiger partial charge < -0.3 is 10.2 Å². The molecule has 3 nitrogen and oxygen atoms in total. The Labute approximate surface area is 119 Å². The molecule has 0 saturated carbocycles. The lowest BCUT2D eigenvalue weighted by Crippen LogP contribution is -2.35. The van der Waals surface area contributed by atoms with Gasteiger partial charge in [-0.25, -0.2) is 0 Å². The molecule has 0 unspecified atom stereocenters. The molecule has 0 fully saturated rings. The molecule has 20 heavy (non-hydrogen) atoms. The van der Waals surface area contributed by atoms with Gasteiger partial charge in [0.15, 0.2) is 0 Å². The van der Waals surface area contributed by atoms with Gasteiger partial charge in [-0.15, -0.1) is 0 Å². The van der Waals surface area contributed by atoms with Gasteiger partial charge in [-0.05, 0) is 29.3 Å². The molecule has 0 saturated heterocycles. The van der Waals surface area contributed by atoms with E-state index >= 15 is 0 Å². The zero-order valence-corrected chi connectivity index (χ0v) is 11.6. The summed E-state index contributed by atoms with van der Waals surface area (Å²) in [5.41, 5.74) is 4.90. The normalized spacial score (nSPS) is 13.3. The Bertz CT molecular complexity index is 589. The molecule has 1 N–H and O–H groups in total. The number of amides is 1. The monoisotopic (exact) mass is 266 g/mol. The minimum atomic E-state index is 0.138. The van der Waals surface area contributed by atoms with Gasteiger partial charge in [0.25, 0.3) is 0 Å². The van der Waals surface area contributed by atoms with E-state index in [0.717, 1.165) is 0 Å². The molecular formula is C17H18N2O. The summed E-state index contributed by atoms with van der Waals surface area (Å²) in [5, 5.41) is 2.94. The van der Waals surface area contributed by atoms with Crippen molar-refractivity contribution in [1.82, 2.24) is 10.2 Å². The Morgan fingerprint density at radius 2 is 1.50 bits per heavy atom. The van der Waals surface area contributed by atoms with Crippen molar-refractivity contribution in [3.63, 3.8) is 0 Å². The standard InChI is InChI=1S/C17H18N2O/c1-18-10-17(20)19-11-13-6-2-4-8-15(13)16-9-5-3-7-14(16)12-19/h2-9,18H,10-12H2,1H3. The average Bonchev–Trinajstić information content (AvgIpc) is 2.64. The number of carbonyl (C=O) groups is 1. The lowest BCUT2D eigenvalue weighted by Gasteiger charge is -2.21. The number of rotatable bonds is 2. The fourth-order valence-electron chi connectivity index (χ4n) is 2.75. The largest absolute Gasteiger partial charge is 0.333 e. The third-order valence-electron chi connectivity index (χ3n) is 3.73. The zero-order valence-electron chi connectivity index (χ0n) is 11.6. The molecule has 0 spiro atoms. The maximum atomic E-state index is 12.2. The van der Waals surface area contributed by atoms with Crippen molar-refractivity contribution >= 4 is 5.91 Å². The first-order valence-electron chi connectivity index (χ1n) is 6.88. The molecule has 1 aliphatic rings. The van der Waals surface area contributed by atoms with Crippen LogP contribution < -0.4 is 5.32 Å². The van der Waals surface area contributed by atoms with E-state index in [1.807, 2.05) is 17.0 Å². The van der Waals surface area contributed by atoms with Crippen LogP contribution in [0.4, 0.5) is 0 Å². The van der Waals surface area contributed by atoms with E-state index in [9.17, 15) is 4.79 Å². The highest BCUT2D eigenvalue weighted by atomic mass is 16.2. The molecule has 1 heterocycles. The van der Waals surface area contributed by atoms with Crippen LogP contribution in [0, 0.1) is 0 Å². The van der Waals surface area contributed by atoms with Crippen molar-refractivity contribution in [3.05, 3.63) is 59.7 Å². The summed E-state index contributed by atoms with van der Waals surface area (Å²) >= 11 is 0. The van der Waals surface area contributed by atoms with Gasteiger partial charge in [0.05, 0.1) is 6.54 Å². The molecule has 2 aromatic carbocycles. The number of carbonyl (C=O) groups excluding carboxylic acids is 1. The molecule has 2 aromatic rings. The van der Waals surface area contributed by atoms with E-state index in [0.29, 0.717) is 19.6 Å². The Morgan fingerprint density at radius 3 is 2.00 bits per heavy atom. The lowest BCUT2D eigenvalue weighted by atomic mass is 9.97. The van der Waals surface area contributed by atoms with Crippen LogP contribution in [-0.4, -0.2) is 24.4 Å². The predicted octanol–water partition coefficient (Wildman–Crippen LogP) is 2.42. The SMILES string of the molecule is CNCC(=O)N1Cc2ccccc2-c2ccccc2C1. The third-order valence-corrected chi connectivity index (χ3v) is 3.73. The smallest absolute Gasteiger partial charge is 0.237 e. The fraction of sp³-hybridized carbons (Fsp3) is 0.235. The molecule has 0 radical (unpaired) electrons. The van der Waals surface area contributed by atoms with Gasteiger partial charge in [-0.1, -0.05) is 48.5 Å². The van der Waals surface area contributed by atoms with E-state index < -0.39 is 0 Å². The quantitative estimate of drug-likeness (QED) is 0.905. The number of nitrogens with zero attached hydrogens (tertiary/aromatic N) is 1. The van der Waals surface area contributed by atoms with Crippen molar-refractivity contribution < 1.29 is 4.79 Å². The molecule has 102 valence electrons. The second-order valence-electron chi connectivity index (χ2n) is 5.09. The second-order valence-corrected chi connectivity index (χ2v) is 5.09. The molecule has 0 bridgehead atoms. The number of hydrogen-bond donors (Lipinski definition) is 1. The maximum absolute atomic E-state index is 12.2. The summed E-state index contributed by atoms with van der Waals surface area (Å²) in [7, 11) is 1.80. The zero-order chi connectivity index (χ0) is 13.9. The van der Waals surface area contributed by atoms with Gasteiger partial charge in [-0.2, -0.15) is 0 Å². The summed E-state index contributed by atoms with van der Waals surface area (Å²) in [4.78, 5) is 14.2. The lowest BCUT2D eigenvalue weighted by molar-refractivity contribution is -0.131. The van der Waals surface area contributed by atoms with Crippen LogP contribution in [0.2, 0.25) is 0 Å². The molecule has 0 aromatic heterocycles. The van der Waals surface area contributed by atoms with Crippen LogP contribution >= 0.6 is 0 Å². The Balaban J connectivity index is 2.07. The van der Waals surface area contributed by atoms with Crippen molar-refractivity contribution in [1.29, 1.82) is 0 Å². The first kappa shape index (κ1) is 12.9. The van der Waals surface area contributed by atoms with Gasteiger partial charge in [0, 0.05) is 13.1 Å². The summed E-state index contributed by atoms with van der Waals surface area (Å²) < 4.78 is 0. The summed E-state index contributed by atoms with van der Waals surface area (Å²) in [6.45, 7) is 1.72. The van der Waals surface area contributed by atoms with E-state index in [4.69, 9.17) is 0 Å². The highest BCUT2D eigenvalue weighted by Gasteiger charge is 2.21. The minimum absolute atomic E-state index is 0.138. The number of nitrogens with one attached hydrogen (secondary N) is 1. The van der Waals surface area contributed by atoms with Gasteiger partial charge in [0.1, 0.15) is 0 Å². The van der Waals surface area contributed by atoms with Crippen molar-refractivity contribution in [2.24, 2.45) is 0 Å². The van der Waals surface area contributed by atoms with Crippen LogP contribution in [0.1, 0.15) is 11.1 Å². The predicted molar refractivity (Wildman–Crippen MR) is 80.1 cm³/mol. The first-order valence-corrected chi connectivity index (χ1v) is 6.88. The Morgan fingerprint density at radius 1 is 1.00 bits per heavy atom. The van der Waals surface area contributed by atoms with Crippen molar-refractivity contribution in [3.8, 4) is 11.1 Å². The van der Waals surface area contributed by atoms with E-state index in [2.05, 4.69) is 41.7 Å². The molecule has 3 heteroatoms. The topological polar surface area (TPSA) is 32.3 Å². The molecular weight excluding hydrogens is 248 g/mol. The van der Waals surface area contributed by atoms with Gasteiger partial charge >= 0.3 is 0 Å². The second kappa shape index (κ2) is 5.47. The van der Waals surface area contributed by atoms with Crippen LogP contribution in [0.25, 0.3) is 11.1 Å². The maximum Gasteiger partial charge on any atom is 0.237 e. The molecule has 0 atom stereocenters. The van der Waals surface area contributed by atoms with Gasteiger partial charge in [-0.3, -0.25) is 4.79 Å². The summed E-state index contributed by atoms with van der Waals surface area (Å²) in [6, 6.07) is 16.7. The average molecular weight is 266 g/mol. The first-order chi connectivity index (χ1) is 9.79. The summed E-state index contributed by atoms with van der Waals surface area (Å²) in [5.74, 6) is 0.138. The molecule has 3 rings (SSSR count). The van der Waals surface area contributed by atoms with E-state index in [1.54, 1.807) is 7.05 Å². The number of likely N-dealkylation sites (N-methyl/N-ethyl adjacent to an activating group) is 1. The van der Waals surface area contributed by atoms with Crippen LogP contribution in [-0.2, 0) is 17.9 Å². The highest BCUT2D eigenvalue weighted by Crippen LogP contribution is 2.32. The third kappa shape index (κ3) is 2.32.